The molecule has 0 bridgehead atoms. The van der Waals surface area contributed by atoms with Crippen LogP contribution in [0.1, 0.15) is 10.4 Å². The summed E-state index contributed by atoms with van der Waals surface area (Å²) in [7, 11) is 0. The summed E-state index contributed by atoms with van der Waals surface area (Å²) in [6.45, 7) is 0. The van der Waals surface area contributed by atoms with E-state index in [0.29, 0.717) is 11.0 Å². The molecule has 160 valence electrons. The monoisotopic (exact) mass is 477 g/mol. The average molecular weight is 478 g/mol. The van der Waals surface area contributed by atoms with Crippen LogP contribution in [0.2, 0.25) is 0 Å². The standard InChI is InChI=1S/C27H22Cl2NOP/c28-21-26(30-27(31)22-13-5-1-6-14-22)32(29,23-15-7-2-8-16-23,24-17-9-3-10-18-24)25-19-11-4-12-20-25/h1-21H,(H,30,31). The minimum atomic E-state index is -3.90. The number of carbonyl (C=O) groups is 1. The van der Waals surface area contributed by atoms with E-state index in [0.717, 1.165) is 15.9 Å². The Morgan fingerprint density at radius 1 is 0.625 bits per heavy atom. The molecule has 4 aromatic carbocycles. The number of halogens is 2. The van der Waals surface area contributed by atoms with Crippen molar-refractivity contribution in [3.63, 3.8) is 0 Å². The van der Waals surface area contributed by atoms with Gasteiger partial charge in [0.2, 0.25) is 0 Å². The fourth-order valence-electron chi connectivity index (χ4n) is 3.99. The minimum absolute atomic E-state index is 0.269. The molecule has 32 heavy (non-hydrogen) atoms. The van der Waals surface area contributed by atoms with E-state index >= 15 is 0 Å². The van der Waals surface area contributed by atoms with Crippen molar-refractivity contribution < 1.29 is 4.79 Å². The van der Waals surface area contributed by atoms with E-state index in [1.807, 2.05) is 109 Å². The van der Waals surface area contributed by atoms with E-state index in [1.54, 1.807) is 12.1 Å². The van der Waals surface area contributed by atoms with Crippen molar-refractivity contribution in [2.75, 3.05) is 0 Å². The molecule has 2 nitrogen and oxygen atoms in total. The van der Waals surface area contributed by atoms with Gasteiger partial charge in [0.25, 0.3) is 0 Å². The Kier molecular flexibility index (Phi) is 6.48. The molecule has 1 amide bonds. The molecule has 1 N–H and O–H groups in total. The summed E-state index contributed by atoms with van der Waals surface area (Å²) in [5.41, 5.74) is 2.41. The van der Waals surface area contributed by atoms with E-state index in [1.165, 1.54) is 5.54 Å². The van der Waals surface area contributed by atoms with Crippen LogP contribution < -0.4 is 21.2 Å². The van der Waals surface area contributed by atoms with Gasteiger partial charge in [-0.05, 0) is 0 Å². The molecule has 0 heterocycles. The van der Waals surface area contributed by atoms with Gasteiger partial charge in [-0.15, -0.1) is 0 Å². The second-order valence-electron chi connectivity index (χ2n) is 7.33. The number of benzene rings is 4. The van der Waals surface area contributed by atoms with Crippen molar-refractivity contribution in [1.82, 2.24) is 5.32 Å². The summed E-state index contributed by atoms with van der Waals surface area (Å²) in [4.78, 5) is 13.2. The van der Waals surface area contributed by atoms with Crippen molar-refractivity contribution in [3.8, 4) is 0 Å². The molecule has 0 aliphatic rings. The van der Waals surface area contributed by atoms with Crippen LogP contribution >= 0.6 is 28.8 Å². The van der Waals surface area contributed by atoms with Gasteiger partial charge in [0.15, 0.2) is 0 Å². The number of hydrogen-bond donors (Lipinski definition) is 1. The van der Waals surface area contributed by atoms with Gasteiger partial charge in [0.1, 0.15) is 0 Å². The van der Waals surface area contributed by atoms with Crippen LogP contribution in [0.25, 0.3) is 0 Å². The Balaban J connectivity index is 2.04. The second-order valence-corrected chi connectivity index (χ2v) is 13.6. The fraction of sp³-hybridized carbons (Fsp3) is 0. The van der Waals surface area contributed by atoms with Gasteiger partial charge < -0.3 is 0 Å². The van der Waals surface area contributed by atoms with Gasteiger partial charge in [-0.25, -0.2) is 0 Å². The molecule has 0 radical (unpaired) electrons. The topological polar surface area (TPSA) is 29.1 Å². The molecule has 0 unspecified atom stereocenters. The number of nitrogens with one attached hydrogen (secondary N) is 1. The Hall–Kier alpha value is -2.90. The third kappa shape index (κ3) is 3.65. The molecule has 0 fully saturated rings. The zero-order chi connectivity index (χ0) is 22.5. The summed E-state index contributed by atoms with van der Waals surface area (Å²) in [5.74, 6) is -4.17. The number of rotatable bonds is 6. The number of carbonyl (C=O) groups excluding carboxylic acids is 1. The molecule has 0 spiro atoms. The van der Waals surface area contributed by atoms with Gasteiger partial charge >= 0.3 is 199 Å². The normalized spacial score (nSPS) is 13.1. The van der Waals surface area contributed by atoms with Crippen LogP contribution in [0, 0.1) is 0 Å². The van der Waals surface area contributed by atoms with Gasteiger partial charge in [-0.2, -0.15) is 0 Å². The molecule has 0 aromatic heterocycles. The van der Waals surface area contributed by atoms with E-state index < -0.39 is 5.96 Å². The molecule has 4 rings (SSSR count). The van der Waals surface area contributed by atoms with Crippen LogP contribution in [0.4, 0.5) is 0 Å². The molecule has 0 aliphatic carbocycles. The molecule has 0 saturated heterocycles. The molecular weight excluding hydrogens is 456 g/mol. The van der Waals surface area contributed by atoms with E-state index in [9.17, 15) is 4.79 Å². The first-order valence-electron chi connectivity index (χ1n) is 10.2. The van der Waals surface area contributed by atoms with Crippen molar-refractivity contribution in [2.24, 2.45) is 0 Å². The third-order valence-electron chi connectivity index (χ3n) is 5.56. The van der Waals surface area contributed by atoms with Gasteiger partial charge in [0.05, 0.1) is 0 Å². The summed E-state index contributed by atoms with van der Waals surface area (Å²) < 4.78 is 0. The van der Waals surface area contributed by atoms with Gasteiger partial charge in [-0.3, -0.25) is 0 Å². The van der Waals surface area contributed by atoms with E-state index in [4.69, 9.17) is 22.8 Å². The zero-order valence-electron chi connectivity index (χ0n) is 17.2. The van der Waals surface area contributed by atoms with Crippen molar-refractivity contribution in [2.45, 2.75) is 0 Å². The van der Waals surface area contributed by atoms with Crippen molar-refractivity contribution in [3.05, 3.63) is 138 Å². The van der Waals surface area contributed by atoms with Gasteiger partial charge in [0, 0.05) is 0 Å². The van der Waals surface area contributed by atoms with Crippen LogP contribution in [0.5, 0.6) is 0 Å². The van der Waals surface area contributed by atoms with Gasteiger partial charge in [-0.1, -0.05) is 0 Å². The quantitative estimate of drug-likeness (QED) is 0.332. The van der Waals surface area contributed by atoms with Crippen LogP contribution in [-0.2, 0) is 0 Å². The summed E-state index contributed by atoms with van der Waals surface area (Å²) in [6.07, 6.45) is 0. The Labute approximate surface area is 198 Å². The first-order chi connectivity index (χ1) is 15.6. The van der Waals surface area contributed by atoms with Crippen molar-refractivity contribution in [1.29, 1.82) is 0 Å². The van der Waals surface area contributed by atoms with Crippen LogP contribution in [0.15, 0.2) is 132 Å². The second kappa shape index (κ2) is 9.30. The maximum atomic E-state index is 13.2. The molecular formula is C27H22Cl2NOP. The van der Waals surface area contributed by atoms with Crippen LogP contribution in [-0.4, -0.2) is 5.91 Å². The Bertz CT molecular complexity index is 1130. The third-order valence-corrected chi connectivity index (χ3v) is 13.2. The SMILES string of the molecule is O=C(NC(=CCl)P(Cl)(c1ccccc1)(c1ccccc1)c1ccccc1)c1ccccc1. The molecule has 0 aliphatic heterocycles. The molecule has 0 saturated carbocycles. The molecule has 0 atom stereocenters. The zero-order valence-corrected chi connectivity index (χ0v) is 19.6. The molecule has 5 heteroatoms. The molecule has 4 aromatic rings. The van der Waals surface area contributed by atoms with E-state index in [2.05, 4.69) is 5.32 Å². The predicted molar refractivity (Wildman–Crippen MR) is 139 cm³/mol. The average Bonchev–Trinajstić information content (AvgIpc) is 2.89. The Morgan fingerprint density at radius 3 is 1.31 bits per heavy atom. The fourth-order valence-corrected chi connectivity index (χ4v) is 10.5. The van der Waals surface area contributed by atoms with Crippen molar-refractivity contribution >= 4 is 50.6 Å². The Morgan fingerprint density at radius 2 is 0.969 bits per heavy atom. The number of amides is 1. The predicted octanol–water partition coefficient (Wildman–Crippen LogP) is 6.14. The van der Waals surface area contributed by atoms with E-state index in [-0.39, 0.29) is 5.91 Å². The van der Waals surface area contributed by atoms with Crippen LogP contribution in [0.3, 0.4) is 0 Å². The maximum absolute atomic E-state index is 13.2. The number of hydrogen-bond acceptors (Lipinski definition) is 1. The first-order valence-corrected chi connectivity index (χ1v) is 13.7. The summed E-state index contributed by atoms with van der Waals surface area (Å²) in [5, 5.41) is 5.74. The first kappa shape index (κ1) is 22.3. The summed E-state index contributed by atoms with van der Waals surface area (Å²) in [6, 6.07) is 38.6. The summed E-state index contributed by atoms with van der Waals surface area (Å²) >= 11 is 14.5.